The molecule has 18 heavy (non-hydrogen) atoms. The molecule has 0 aliphatic heterocycles. The molecule has 0 radical (unpaired) electrons. The van der Waals surface area contributed by atoms with Crippen LogP contribution in [0.5, 0.6) is 0 Å². The van der Waals surface area contributed by atoms with Gasteiger partial charge in [-0.2, -0.15) is 11.3 Å². The normalized spacial score (nSPS) is 31.3. The van der Waals surface area contributed by atoms with Crippen molar-refractivity contribution >= 4 is 11.3 Å². The van der Waals surface area contributed by atoms with E-state index >= 15 is 0 Å². The van der Waals surface area contributed by atoms with Gasteiger partial charge in [-0.1, -0.05) is 6.92 Å². The van der Waals surface area contributed by atoms with Gasteiger partial charge in [0.25, 0.3) is 0 Å². The van der Waals surface area contributed by atoms with E-state index < -0.39 is 0 Å². The van der Waals surface area contributed by atoms with E-state index in [1.54, 1.807) is 6.42 Å². The van der Waals surface area contributed by atoms with Crippen molar-refractivity contribution in [3.8, 4) is 0 Å². The lowest BCUT2D eigenvalue weighted by atomic mass is 9.90. The Morgan fingerprint density at radius 1 is 1.33 bits per heavy atom. The second-order valence-corrected chi connectivity index (χ2v) is 7.00. The van der Waals surface area contributed by atoms with Crippen molar-refractivity contribution < 1.29 is 0 Å². The van der Waals surface area contributed by atoms with Gasteiger partial charge in [0, 0.05) is 6.04 Å². The molecule has 1 aromatic rings. The molecule has 0 saturated heterocycles. The summed E-state index contributed by atoms with van der Waals surface area (Å²) in [5.41, 5.74) is 1.53. The van der Waals surface area contributed by atoms with Crippen LogP contribution in [0.1, 0.15) is 44.6 Å². The van der Waals surface area contributed by atoms with Gasteiger partial charge < -0.3 is 5.32 Å². The Morgan fingerprint density at radius 3 is 2.83 bits per heavy atom. The van der Waals surface area contributed by atoms with Gasteiger partial charge in [-0.15, -0.1) is 0 Å². The first-order chi connectivity index (χ1) is 8.86. The SMILES string of the molecule is CCCNC(CCc1ccsc1)C1CC2CC2C1. The first kappa shape index (κ1) is 12.7. The number of rotatable bonds is 7. The predicted molar refractivity (Wildman–Crippen MR) is 79.0 cm³/mol. The molecule has 0 amide bonds. The van der Waals surface area contributed by atoms with E-state index in [2.05, 4.69) is 29.1 Å². The molecule has 2 saturated carbocycles. The first-order valence-corrected chi connectivity index (χ1v) is 8.55. The number of hydrogen-bond acceptors (Lipinski definition) is 2. The number of aryl methyl sites for hydroxylation is 1. The fraction of sp³-hybridized carbons (Fsp3) is 0.750. The van der Waals surface area contributed by atoms with Crippen LogP contribution in [0.25, 0.3) is 0 Å². The minimum Gasteiger partial charge on any atom is -0.314 e. The maximum Gasteiger partial charge on any atom is 0.00987 e. The molecule has 3 rings (SSSR count). The fourth-order valence-electron chi connectivity index (χ4n) is 3.68. The van der Waals surface area contributed by atoms with Crippen LogP contribution in [-0.4, -0.2) is 12.6 Å². The maximum absolute atomic E-state index is 3.82. The average molecular weight is 263 g/mol. The Bertz CT molecular complexity index is 349. The summed E-state index contributed by atoms with van der Waals surface area (Å²) in [5, 5.41) is 8.33. The Hall–Kier alpha value is -0.340. The topological polar surface area (TPSA) is 12.0 Å². The second-order valence-electron chi connectivity index (χ2n) is 6.22. The van der Waals surface area contributed by atoms with Crippen molar-refractivity contribution in [2.24, 2.45) is 17.8 Å². The van der Waals surface area contributed by atoms with Crippen LogP contribution >= 0.6 is 11.3 Å². The highest BCUT2D eigenvalue weighted by atomic mass is 32.1. The molecule has 2 aliphatic carbocycles. The number of thiophene rings is 1. The van der Waals surface area contributed by atoms with Gasteiger partial charge >= 0.3 is 0 Å². The summed E-state index contributed by atoms with van der Waals surface area (Å²) in [7, 11) is 0. The van der Waals surface area contributed by atoms with Gasteiger partial charge in [-0.25, -0.2) is 0 Å². The summed E-state index contributed by atoms with van der Waals surface area (Å²) >= 11 is 1.83. The molecule has 0 aromatic carbocycles. The van der Waals surface area contributed by atoms with Crippen LogP contribution in [-0.2, 0) is 6.42 Å². The minimum absolute atomic E-state index is 0.776. The molecule has 1 aromatic heterocycles. The van der Waals surface area contributed by atoms with Gasteiger partial charge in [-0.05, 0) is 85.2 Å². The van der Waals surface area contributed by atoms with Crippen molar-refractivity contribution in [1.29, 1.82) is 0 Å². The number of fused-ring (bicyclic) bond motifs is 1. The molecule has 2 fully saturated rings. The van der Waals surface area contributed by atoms with Gasteiger partial charge in [0.1, 0.15) is 0 Å². The number of hydrogen-bond donors (Lipinski definition) is 1. The Labute approximate surface area is 115 Å². The molecule has 1 N–H and O–H groups in total. The van der Waals surface area contributed by atoms with Crippen LogP contribution in [0.3, 0.4) is 0 Å². The largest absolute Gasteiger partial charge is 0.314 e. The fourth-order valence-corrected chi connectivity index (χ4v) is 4.38. The molecule has 1 nitrogen and oxygen atoms in total. The van der Waals surface area contributed by atoms with Crippen molar-refractivity contribution in [3.63, 3.8) is 0 Å². The Balaban J connectivity index is 1.51. The van der Waals surface area contributed by atoms with E-state index in [0.29, 0.717) is 0 Å². The van der Waals surface area contributed by atoms with E-state index in [-0.39, 0.29) is 0 Å². The third-order valence-corrected chi connectivity index (χ3v) is 5.56. The third-order valence-electron chi connectivity index (χ3n) is 4.83. The molecule has 2 aliphatic rings. The maximum atomic E-state index is 3.82. The Morgan fingerprint density at radius 2 is 2.17 bits per heavy atom. The average Bonchev–Trinajstić information content (AvgIpc) is 2.85. The summed E-state index contributed by atoms with van der Waals surface area (Å²) in [4.78, 5) is 0. The standard InChI is InChI=1S/C16H25NS/c1-2-6-17-16(4-3-12-5-7-18-11-12)15-9-13-8-14(13)10-15/h5,7,11,13-17H,2-4,6,8-10H2,1H3. The highest BCUT2D eigenvalue weighted by Gasteiger charge is 2.47. The smallest absolute Gasteiger partial charge is 0.00987 e. The van der Waals surface area contributed by atoms with E-state index in [1.165, 1.54) is 44.2 Å². The van der Waals surface area contributed by atoms with Crippen LogP contribution in [0.4, 0.5) is 0 Å². The molecular formula is C16H25NS. The second kappa shape index (κ2) is 5.75. The monoisotopic (exact) mass is 263 g/mol. The molecular weight excluding hydrogens is 238 g/mol. The van der Waals surface area contributed by atoms with Crippen LogP contribution in [0.15, 0.2) is 16.8 Å². The van der Waals surface area contributed by atoms with Gasteiger partial charge in [-0.3, -0.25) is 0 Å². The summed E-state index contributed by atoms with van der Waals surface area (Å²) < 4.78 is 0. The van der Waals surface area contributed by atoms with Crippen molar-refractivity contribution in [3.05, 3.63) is 22.4 Å². The quantitative estimate of drug-likeness (QED) is 0.781. The zero-order chi connectivity index (χ0) is 12.4. The van der Waals surface area contributed by atoms with E-state index in [9.17, 15) is 0 Å². The lowest BCUT2D eigenvalue weighted by molar-refractivity contribution is 0.319. The highest BCUT2D eigenvalue weighted by molar-refractivity contribution is 7.07. The molecule has 2 heteroatoms. The minimum atomic E-state index is 0.776. The molecule has 1 heterocycles. The van der Waals surface area contributed by atoms with E-state index in [4.69, 9.17) is 0 Å². The van der Waals surface area contributed by atoms with Gasteiger partial charge in [0.05, 0.1) is 0 Å². The lowest BCUT2D eigenvalue weighted by Gasteiger charge is -2.26. The number of nitrogens with one attached hydrogen (secondary N) is 1. The van der Waals surface area contributed by atoms with Crippen molar-refractivity contribution in [1.82, 2.24) is 5.32 Å². The molecule has 0 spiro atoms. The van der Waals surface area contributed by atoms with Crippen LogP contribution < -0.4 is 5.32 Å². The van der Waals surface area contributed by atoms with Crippen molar-refractivity contribution in [2.45, 2.75) is 51.5 Å². The summed E-state index contributed by atoms with van der Waals surface area (Å²) in [6, 6.07) is 3.06. The summed E-state index contributed by atoms with van der Waals surface area (Å²) in [6.07, 6.45) is 8.42. The Kier molecular flexibility index (Phi) is 4.05. The zero-order valence-corrected chi connectivity index (χ0v) is 12.2. The third kappa shape index (κ3) is 2.97. The van der Waals surface area contributed by atoms with Gasteiger partial charge in [0.15, 0.2) is 0 Å². The predicted octanol–water partition coefficient (Wildman–Crippen LogP) is 4.10. The molecule has 0 bridgehead atoms. The highest BCUT2D eigenvalue weighted by Crippen LogP contribution is 2.55. The first-order valence-electron chi connectivity index (χ1n) is 7.61. The summed E-state index contributed by atoms with van der Waals surface area (Å²) in [6.45, 7) is 3.47. The van der Waals surface area contributed by atoms with Crippen LogP contribution in [0, 0.1) is 17.8 Å². The van der Waals surface area contributed by atoms with E-state index in [0.717, 1.165) is 23.8 Å². The zero-order valence-electron chi connectivity index (χ0n) is 11.4. The lowest BCUT2D eigenvalue weighted by Crippen LogP contribution is -2.36. The van der Waals surface area contributed by atoms with Crippen LogP contribution in [0.2, 0.25) is 0 Å². The van der Waals surface area contributed by atoms with E-state index in [1.807, 2.05) is 11.3 Å². The van der Waals surface area contributed by atoms with Gasteiger partial charge in [0.2, 0.25) is 0 Å². The molecule has 3 atom stereocenters. The van der Waals surface area contributed by atoms with Crippen molar-refractivity contribution in [2.75, 3.05) is 6.54 Å². The molecule has 3 unspecified atom stereocenters. The molecule has 100 valence electrons. The summed E-state index contributed by atoms with van der Waals surface area (Å²) in [5.74, 6) is 3.20.